The molecule has 8 heteroatoms. The topological polar surface area (TPSA) is 110 Å². The van der Waals surface area contributed by atoms with Crippen molar-refractivity contribution in [2.75, 3.05) is 7.11 Å². The first-order valence-electron chi connectivity index (χ1n) is 3.77. The zero-order valence-electron chi connectivity index (χ0n) is 7.64. The van der Waals surface area contributed by atoms with E-state index < -0.39 is 17.9 Å². The number of carbonyl (C=O) groups is 2. The molecule has 1 aromatic heterocycles. The molecule has 14 heavy (non-hydrogen) atoms. The third-order valence-electron chi connectivity index (χ3n) is 1.47. The van der Waals surface area contributed by atoms with Gasteiger partial charge in [0.2, 0.25) is 0 Å². The molecule has 8 nitrogen and oxygen atoms in total. The zero-order valence-corrected chi connectivity index (χ0v) is 7.64. The summed E-state index contributed by atoms with van der Waals surface area (Å²) in [5.41, 5.74) is 0. The predicted molar refractivity (Wildman–Crippen MR) is 42.8 cm³/mol. The minimum Gasteiger partial charge on any atom is -0.462 e. The van der Waals surface area contributed by atoms with Crippen LogP contribution >= 0.6 is 0 Å². The van der Waals surface area contributed by atoms with E-state index in [0.717, 1.165) is 7.11 Å². The highest BCUT2D eigenvalue weighted by atomic mass is 16.5. The molecule has 0 radical (unpaired) electrons. The fourth-order valence-corrected chi connectivity index (χ4v) is 0.766. The molecule has 0 saturated carbocycles. The minimum absolute atomic E-state index is 0.294. The van der Waals surface area contributed by atoms with Gasteiger partial charge in [0.15, 0.2) is 5.82 Å². The average Bonchev–Trinajstić information content (AvgIpc) is 2.69. The summed E-state index contributed by atoms with van der Waals surface area (Å²) < 4.78 is 4.22. The van der Waals surface area contributed by atoms with Crippen LogP contribution in [0.15, 0.2) is 0 Å². The van der Waals surface area contributed by atoms with E-state index in [4.69, 9.17) is 0 Å². The maximum atomic E-state index is 11.0. The maximum Gasteiger partial charge on any atom is 0.396 e. The Balaban J connectivity index is 2.53. The Morgan fingerprint density at radius 3 is 2.79 bits per heavy atom. The number of esters is 1. The number of methoxy groups -OCH3 is 1. The Labute approximate surface area is 79.0 Å². The van der Waals surface area contributed by atoms with Crippen LogP contribution in [0.5, 0.6) is 0 Å². The van der Waals surface area contributed by atoms with Gasteiger partial charge in [-0.05, 0) is 6.92 Å². The molecule has 0 saturated heterocycles. The van der Waals surface area contributed by atoms with Crippen molar-refractivity contribution < 1.29 is 14.3 Å². The average molecular weight is 199 g/mol. The SMILES string of the molecule is COC(=O)C(=O)NC(C)c1nn[nH]n1. The van der Waals surface area contributed by atoms with Crippen LogP contribution in [0.25, 0.3) is 0 Å². The van der Waals surface area contributed by atoms with Gasteiger partial charge in [0.1, 0.15) is 0 Å². The first-order chi connectivity index (χ1) is 6.65. The lowest BCUT2D eigenvalue weighted by molar-refractivity contribution is -0.153. The summed E-state index contributed by atoms with van der Waals surface area (Å²) in [4.78, 5) is 21.7. The van der Waals surface area contributed by atoms with Gasteiger partial charge in [-0.15, -0.1) is 10.2 Å². The van der Waals surface area contributed by atoms with Gasteiger partial charge in [-0.3, -0.25) is 4.79 Å². The lowest BCUT2D eigenvalue weighted by Crippen LogP contribution is -2.34. The van der Waals surface area contributed by atoms with Gasteiger partial charge in [0.25, 0.3) is 0 Å². The Hall–Kier alpha value is -1.99. The maximum absolute atomic E-state index is 11.0. The molecule has 2 N–H and O–H groups in total. The minimum atomic E-state index is -0.958. The van der Waals surface area contributed by atoms with Crippen LogP contribution in [0.1, 0.15) is 18.8 Å². The number of carbonyl (C=O) groups excluding carboxylic acids is 2. The Bertz CT molecular complexity index is 322. The molecule has 1 unspecified atom stereocenters. The lowest BCUT2D eigenvalue weighted by atomic mass is 10.3. The Morgan fingerprint density at radius 2 is 2.29 bits per heavy atom. The number of hydrogen-bond donors (Lipinski definition) is 2. The molecule has 0 fully saturated rings. The number of hydrogen-bond acceptors (Lipinski definition) is 6. The summed E-state index contributed by atoms with van der Waals surface area (Å²) in [5, 5.41) is 15.2. The van der Waals surface area contributed by atoms with Crippen LogP contribution in [0, 0.1) is 0 Å². The third-order valence-corrected chi connectivity index (χ3v) is 1.47. The number of rotatable bonds is 2. The van der Waals surface area contributed by atoms with Crippen LogP contribution in [0.2, 0.25) is 0 Å². The van der Waals surface area contributed by atoms with Crippen molar-refractivity contribution in [3.05, 3.63) is 5.82 Å². The van der Waals surface area contributed by atoms with Crippen molar-refractivity contribution in [1.82, 2.24) is 25.9 Å². The van der Waals surface area contributed by atoms with Gasteiger partial charge >= 0.3 is 11.9 Å². The van der Waals surface area contributed by atoms with E-state index in [1.807, 2.05) is 0 Å². The summed E-state index contributed by atoms with van der Waals surface area (Å²) in [6, 6.07) is -0.500. The number of tetrazole rings is 1. The van der Waals surface area contributed by atoms with Gasteiger partial charge in [0, 0.05) is 0 Å². The normalized spacial score (nSPS) is 11.9. The quantitative estimate of drug-likeness (QED) is 0.445. The standard InChI is InChI=1S/C6H9N5O3/c1-3(4-8-10-11-9-4)7-5(12)6(13)14-2/h3H,1-2H3,(H,7,12)(H,8,9,10,11). The van der Waals surface area contributed by atoms with Gasteiger partial charge in [-0.2, -0.15) is 5.21 Å². The largest absolute Gasteiger partial charge is 0.462 e. The van der Waals surface area contributed by atoms with E-state index in [-0.39, 0.29) is 0 Å². The molecular formula is C6H9N5O3. The van der Waals surface area contributed by atoms with Crippen LogP contribution < -0.4 is 5.32 Å². The molecule has 1 atom stereocenters. The first kappa shape index (κ1) is 10.1. The zero-order chi connectivity index (χ0) is 10.6. The van der Waals surface area contributed by atoms with Crippen molar-refractivity contribution in [3.8, 4) is 0 Å². The van der Waals surface area contributed by atoms with E-state index in [0.29, 0.717) is 5.82 Å². The molecule has 1 amide bonds. The smallest absolute Gasteiger partial charge is 0.396 e. The summed E-state index contributed by atoms with van der Waals surface area (Å²) in [6.45, 7) is 1.62. The summed E-state index contributed by atoms with van der Waals surface area (Å²) in [5.74, 6) is -1.51. The van der Waals surface area contributed by atoms with Gasteiger partial charge in [-0.1, -0.05) is 5.21 Å². The molecule has 1 aromatic rings. The molecule has 0 aliphatic carbocycles. The van der Waals surface area contributed by atoms with E-state index >= 15 is 0 Å². The van der Waals surface area contributed by atoms with Gasteiger partial charge in [0.05, 0.1) is 13.2 Å². The van der Waals surface area contributed by atoms with Crippen LogP contribution in [-0.4, -0.2) is 39.6 Å². The molecule has 0 spiro atoms. The van der Waals surface area contributed by atoms with Gasteiger partial charge in [-0.25, -0.2) is 4.79 Å². The van der Waals surface area contributed by atoms with E-state index in [1.165, 1.54) is 0 Å². The highest BCUT2D eigenvalue weighted by Crippen LogP contribution is 2.02. The number of amides is 1. The first-order valence-corrected chi connectivity index (χ1v) is 3.77. The predicted octanol–water partition coefficient (Wildman–Crippen LogP) is -1.45. The number of ether oxygens (including phenoxy) is 1. The fourth-order valence-electron chi connectivity index (χ4n) is 0.766. The molecule has 1 rings (SSSR count). The monoisotopic (exact) mass is 199 g/mol. The number of aromatic nitrogens is 4. The summed E-state index contributed by atoms with van der Waals surface area (Å²) in [6.07, 6.45) is 0. The second kappa shape index (κ2) is 4.30. The van der Waals surface area contributed by atoms with Crippen molar-refractivity contribution >= 4 is 11.9 Å². The van der Waals surface area contributed by atoms with E-state index in [9.17, 15) is 9.59 Å². The fraction of sp³-hybridized carbons (Fsp3) is 0.500. The summed E-state index contributed by atoms with van der Waals surface area (Å²) in [7, 11) is 1.13. The molecule has 76 valence electrons. The molecule has 0 aliphatic heterocycles. The number of nitrogens with zero attached hydrogens (tertiary/aromatic N) is 3. The molecule has 0 aliphatic rings. The Morgan fingerprint density at radius 1 is 1.57 bits per heavy atom. The molecule has 0 bridgehead atoms. The lowest BCUT2D eigenvalue weighted by Gasteiger charge is -2.07. The van der Waals surface area contributed by atoms with Crippen molar-refractivity contribution in [3.63, 3.8) is 0 Å². The second-order valence-corrected chi connectivity index (χ2v) is 2.46. The van der Waals surface area contributed by atoms with Gasteiger partial charge < -0.3 is 10.1 Å². The number of aromatic amines is 1. The number of nitrogens with one attached hydrogen (secondary N) is 2. The van der Waals surface area contributed by atoms with E-state index in [1.54, 1.807) is 6.92 Å². The van der Waals surface area contributed by atoms with E-state index in [2.05, 4.69) is 30.7 Å². The third kappa shape index (κ3) is 2.25. The Kier molecular flexibility index (Phi) is 3.10. The van der Waals surface area contributed by atoms with Crippen LogP contribution in [0.3, 0.4) is 0 Å². The highest BCUT2D eigenvalue weighted by molar-refractivity contribution is 6.32. The number of H-pyrrole nitrogens is 1. The molecule has 0 aromatic carbocycles. The van der Waals surface area contributed by atoms with Crippen molar-refractivity contribution in [2.24, 2.45) is 0 Å². The second-order valence-electron chi connectivity index (χ2n) is 2.46. The van der Waals surface area contributed by atoms with Crippen molar-refractivity contribution in [1.29, 1.82) is 0 Å². The highest BCUT2D eigenvalue weighted by Gasteiger charge is 2.19. The molecular weight excluding hydrogens is 190 g/mol. The summed E-state index contributed by atoms with van der Waals surface area (Å²) >= 11 is 0. The van der Waals surface area contributed by atoms with Crippen molar-refractivity contribution in [2.45, 2.75) is 13.0 Å². The van der Waals surface area contributed by atoms with Crippen LogP contribution in [-0.2, 0) is 14.3 Å². The molecule has 1 heterocycles. The van der Waals surface area contributed by atoms with Crippen LogP contribution in [0.4, 0.5) is 0 Å².